The van der Waals surface area contributed by atoms with Crippen molar-refractivity contribution in [2.75, 3.05) is 6.54 Å². The Hall–Kier alpha value is -1.39. The normalized spacial score (nSPS) is 14.1. The number of aliphatic hydroxyl groups excluding tert-OH is 1. The van der Waals surface area contributed by atoms with Crippen LogP contribution in [0, 0.1) is 0 Å². The summed E-state index contributed by atoms with van der Waals surface area (Å²) in [6.07, 6.45) is 0.847. The lowest BCUT2D eigenvalue weighted by Crippen LogP contribution is -2.43. The fraction of sp³-hybridized carbons (Fsp3) is 0.462. The van der Waals surface area contributed by atoms with Crippen molar-refractivity contribution in [1.29, 1.82) is 0 Å². The molecule has 0 aliphatic heterocycles. The summed E-state index contributed by atoms with van der Waals surface area (Å²) in [5, 5.41) is 11.6. The van der Waals surface area contributed by atoms with Crippen LogP contribution in [0.25, 0.3) is 0 Å². The van der Waals surface area contributed by atoms with E-state index in [1.54, 1.807) is 6.92 Å². The maximum Gasteiger partial charge on any atom is 0.237 e. The first-order valence-corrected chi connectivity index (χ1v) is 5.85. The number of carbonyl (C=O) groups excluding carboxylic acids is 1. The van der Waals surface area contributed by atoms with Crippen LogP contribution in [0.3, 0.4) is 0 Å². The summed E-state index contributed by atoms with van der Waals surface area (Å²) >= 11 is 0. The number of nitrogens with two attached hydrogens (primary N) is 1. The predicted molar refractivity (Wildman–Crippen MR) is 67.4 cm³/mol. The Morgan fingerprint density at radius 2 is 2.06 bits per heavy atom. The van der Waals surface area contributed by atoms with Crippen LogP contribution in [0.1, 0.15) is 18.9 Å². The molecule has 0 aliphatic rings. The van der Waals surface area contributed by atoms with Gasteiger partial charge in [0.25, 0.3) is 0 Å². The van der Waals surface area contributed by atoms with Crippen molar-refractivity contribution >= 4 is 5.91 Å². The lowest BCUT2D eigenvalue weighted by Gasteiger charge is -2.13. The fourth-order valence-electron chi connectivity index (χ4n) is 1.48. The number of aryl methyl sites for hydroxylation is 1. The monoisotopic (exact) mass is 236 g/mol. The number of aliphatic hydroxyl groups is 1. The van der Waals surface area contributed by atoms with Crippen molar-refractivity contribution in [2.24, 2.45) is 5.73 Å². The maximum absolute atomic E-state index is 11.5. The standard InChI is InChI=1S/C13H20N2O2/c1-10(16)9-15-13(17)12(14)8-7-11-5-3-2-4-6-11/h2-6,10,12,16H,7-9,14H2,1H3,(H,15,17)/t10-,12-/m0/s1. The number of rotatable bonds is 6. The second-order valence-electron chi connectivity index (χ2n) is 4.22. The van der Waals surface area contributed by atoms with Gasteiger partial charge in [-0.2, -0.15) is 0 Å². The highest BCUT2D eigenvalue weighted by atomic mass is 16.3. The molecule has 4 heteroatoms. The first-order chi connectivity index (χ1) is 8.09. The Balaban J connectivity index is 2.29. The van der Waals surface area contributed by atoms with Gasteiger partial charge in [0.2, 0.25) is 5.91 Å². The number of nitrogens with one attached hydrogen (secondary N) is 1. The van der Waals surface area contributed by atoms with Gasteiger partial charge >= 0.3 is 0 Å². The SMILES string of the molecule is C[C@H](O)CNC(=O)[C@@H](N)CCc1ccccc1. The molecule has 0 unspecified atom stereocenters. The van der Waals surface area contributed by atoms with Crippen molar-refractivity contribution in [3.05, 3.63) is 35.9 Å². The van der Waals surface area contributed by atoms with Gasteiger partial charge in [-0.3, -0.25) is 4.79 Å². The molecule has 0 spiro atoms. The third-order valence-electron chi connectivity index (χ3n) is 2.50. The van der Waals surface area contributed by atoms with Crippen molar-refractivity contribution in [3.8, 4) is 0 Å². The largest absolute Gasteiger partial charge is 0.392 e. The first-order valence-electron chi connectivity index (χ1n) is 5.85. The minimum Gasteiger partial charge on any atom is -0.392 e. The Labute approximate surface area is 102 Å². The van der Waals surface area contributed by atoms with E-state index in [2.05, 4.69) is 5.32 Å². The minimum absolute atomic E-state index is 0.207. The van der Waals surface area contributed by atoms with E-state index in [1.807, 2.05) is 30.3 Å². The smallest absolute Gasteiger partial charge is 0.237 e. The van der Waals surface area contributed by atoms with Gasteiger partial charge in [0.05, 0.1) is 12.1 Å². The molecular weight excluding hydrogens is 216 g/mol. The van der Waals surface area contributed by atoms with Gasteiger partial charge in [-0.15, -0.1) is 0 Å². The maximum atomic E-state index is 11.5. The van der Waals surface area contributed by atoms with Gasteiger partial charge in [0.1, 0.15) is 0 Å². The summed E-state index contributed by atoms with van der Waals surface area (Å²) in [6.45, 7) is 1.87. The molecule has 1 aromatic rings. The molecule has 0 aromatic heterocycles. The summed E-state index contributed by atoms with van der Waals surface area (Å²) in [7, 11) is 0. The van der Waals surface area contributed by atoms with E-state index in [1.165, 1.54) is 5.56 Å². The van der Waals surface area contributed by atoms with E-state index in [-0.39, 0.29) is 12.5 Å². The molecule has 0 aliphatic carbocycles. The number of benzene rings is 1. The van der Waals surface area contributed by atoms with Crippen LogP contribution >= 0.6 is 0 Å². The molecule has 4 N–H and O–H groups in total. The van der Waals surface area contributed by atoms with E-state index < -0.39 is 12.1 Å². The zero-order valence-electron chi connectivity index (χ0n) is 10.1. The lowest BCUT2D eigenvalue weighted by atomic mass is 10.1. The summed E-state index contributed by atoms with van der Waals surface area (Å²) in [5.74, 6) is -0.207. The summed E-state index contributed by atoms with van der Waals surface area (Å²) in [6, 6.07) is 9.40. The fourth-order valence-corrected chi connectivity index (χ4v) is 1.48. The number of amides is 1. The van der Waals surface area contributed by atoms with Crippen LogP contribution in [0.4, 0.5) is 0 Å². The zero-order valence-corrected chi connectivity index (χ0v) is 10.1. The summed E-state index contributed by atoms with van der Waals surface area (Å²) < 4.78 is 0. The molecule has 94 valence electrons. The quantitative estimate of drug-likeness (QED) is 0.671. The molecule has 0 heterocycles. The topological polar surface area (TPSA) is 75.3 Å². The van der Waals surface area contributed by atoms with Gasteiger partial charge < -0.3 is 16.2 Å². The van der Waals surface area contributed by atoms with Crippen molar-refractivity contribution in [3.63, 3.8) is 0 Å². The predicted octanol–water partition coefficient (Wildman–Crippen LogP) is 0.444. The van der Waals surface area contributed by atoms with Crippen molar-refractivity contribution in [2.45, 2.75) is 31.9 Å². The van der Waals surface area contributed by atoms with E-state index in [0.717, 1.165) is 6.42 Å². The van der Waals surface area contributed by atoms with Gasteiger partial charge in [0.15, 0.2) is 0 Å². The molecular formula is C13H20N2O2. The van der Waals surface area contributed by atoms with E-state index >= 15 is 0 Å². The molecule has 1 amide bonds. The number of hydrogen-bond donors (Lipinski definition) is 3. The van der Waals surface area contributed by atoms with Crippen LogP contribution in [0.2, 0.25) is 0 Å². The van der Waals surface area contributed by atoms with Crippen molar-refractivity contribution < 1.29 is 9.90 Å². The highest BCUT2D eigenvalue weighted by Crippen LogP contribution is 2.03. The van der Waals surface area contributed by atoms with E-state index in [0.29, 0.717) is 6.42 Å². The second-order valence-corrected chi connectivity index (χ2v) is 4.22. The van der Waals surface area contributed by atoms with Crippen LogP contribution in [0.5, 0.6) is 0 Å². The minimum atomic E-state index is -0.541. The molecule has 17 heavy (non-hydrogen) atoms. The molecule has 0 fully saturated rings. The Morgan fingerprint density at radius 1 is 1.41 bits per heavy atom. The molecule has 0 bridgehead atoms. The van der Waals surface area contributed by atoms with Gasteiger partial charge in [-0.1, -0.05) is 30.3 Å². The molecule has 0 radical (unpaired) electrons. The number of hydrogen-bond acceptors (Lipinski definition) is 3. The molecule has 0 saturated carbocycles. The molecule has 1 rings (SSSR count). The summed E-state index contributed by atoms with van der Waals surface area (Å²) in [5.41, 5.74) is 6.93. The van der Waals surface area contributed by atoms with Gasteiger partial charge in [0, 0.05) is 6.54 Å². The van der Waals surface area contributed by atoms with Crippen LogP contribution in [0.15, 0.2) is 30.3 Å². The van der Waals surface area contributed by atoms with Crippen LogP contribution < -0.4 is 11.1 Å². The van der Waals surface area contributed by atoms with Gasteiger partial charge in [-0.05, 0) is 25.3 Å². The summed E-state index contributed by atoms with van der Waals surface area (Å²) in [4.78, 5) is 11.5. The second kappa shape index (κ2) is 7.04. The third kappa shape index (κ3) is 5.47. The first kappa shape index (κ1) is 13.7. The molecule has 1 aromatic carbocycles. The Bertz CT molecular complexity index is 339. The highest BCUT2D eigenvalue weighted by molar-refractivity contribution is 5.81. The van der Waals surface area contributed by atoms with Crippen LogP contribution in [-0.4, -0.2) is 29.7 Å². The Morgan fingerprint density at radius 3 is 2.65 bits per heavy atom. The number of carbonyl (C=O) groups is 1. The highest BCUT2D eigenvalue weighted by Gasteiger charge is 2.13. The molecule has 0 saturated heterocycles. The molecule has 2 atom stereocenters. The van der Waals surface area contributed by atoms with Gasteiger partial charge in [-0.25, -0.2) is 0 Å². The van der Waals surface area contributed by atoms with Crippen LogP contribution in [-0.2, 0) is 11.2 Å². The zero-order chi connectivity index (χ0) is 12.7. The lowest BCUT2D eigenvalue weighted by molar-refractivity contribution is -0.122. The average molecular weight is 236 g/mol. The molecule has 4 nitrogen and oxygen atoms in total. The third-order valence-corrected chi connectivity index (χ3v) is 2.50. The Kier molecular flexibility index (Phi) is 5.66. The van der Waals surface area contributed by atoms with Crippen molar-refractivity contribution in [1.82, 2.24) is 5.32 Å². The van der Waals surface area contributed by atoms with E-state index in [4.69, 9.17) is 10.8 Å². The average Bonchev–Trinajstić information content (AvgIpc) is 2.34. The van der Waals surface area contributed by atoms with E-state index in [9.17, 15) is 4.79 Å².